The van der Waals surface area contributed by atoms with Crippen LogP contribution in [0, 0.1) is 0 Å². The quantitative estimate of drug-likeness (QED) is 0.542. The summed E-state index contributed by atoms with van der Waals surface area (Å²) in [5.74, 6) is 0.115. The standard InChI is InChI=1S/C21H29N3O5S.ClH/c1-3-16-15-22-11-12-24(16)30(26,27)19-9-10-23-21(29-14-13-28-4-2)20(19)17-7-5-6-8-18(17)25;/h5-10,16,22,25H,3-4,11-15H2,1-2H3;1H. The fourth-order valence-electron chi connectivity index (χ4n) is 3.56. The first-order valence-corrected chi connectivity index (χ1v) is 11.6. The summed E-state index contributed by atoms with van der Waals surface area (Å²) in [5, 5.41) is 13.7. The number of phenolic OH excluding ortho intramolecular Hbond substituents is 1. The number of aromatic nitrogens is 1. The molecule has 0 spiro atoms. The average Bonchev–Trinajstić information content (AvgIpc) is 2.77. The molecular weight excluding hydrogens is 442 g/mol. The SMILES string of the molecule is CCOCCOc1nccc(S(=O)(=O)N2CCNCC2CC)c1-c1ccccc1O.Cl. The number of aromatic hydroxyl groups is 1. The van der Waals surface area contributed by atoms with Crippen LogP contribution in [-0.2, 0) is 14.8 Å². The molecule has 3 rings (SSSR count). The van der Waals surface area contributed by atoms with E-state index in [1.807, 2.05) is 13.8 Å². The zero-order chi connectivity index (χ0) is 21.6. The van der Waals surface area contributed by atoms with Crippen molar-refractivity contribution in [1.29, 1.82) is 0 Å². The fraction of sp³-hybridized carbons (Fsp3) is 0.476. The van der Waals surface area contributed by atoms with Crippen LogP contribution in [0.15, 0.2) is 41.4 Å². The molecule has 0 saturated carbocycles. The third-order valence-corrected chi connectivity index (χ3v) is 7.07. The van der Waals surface area contributed by atoms with E-state index in [1.54, 1.807) is 18.2 Å². The van der Waals surface area contributed by atoms with E-state index in [9.17, 15) is 13.5 Å². The summed E-state index contributed by atoms with van der Waals surface area (Å²) in [7, 11) is -3.85. The lowest BCUT2D eigenvalue weighted by Gasteiger charge is -2.35. The van der Waals surface area contributed by atoms with Crippen molar-refractivity contribution in [3.63, 3.8) is 0 Å². The molecule has 0 radical (unpaired) electrons. The number of pyridine rings is 1. The van der Waals surface area contributed by atoms with Crippen LogP contribution in [-0.4, -0.2) is 68.3 Å². The van der Waals surface area contributed by atoms with E-state index in [0.29, 0.717) is 44.8 Å². The molecule has 1 aromatic carbocycles. The lowest BCUT2D eigenvalue weighted by molar-refractivity contribution is 0.108. The van der Waals surface area contributed by atoms with Crippen LogP contribution in [0.1, 0.15) is 20.3 Å². The van der Waals surface area contributed by atoms with Gasteiger partial charge in [0.2, 0.25) is 15.9 Å². The van der Waals surface area contributed by atoms with Gasteiger partial charge in [-0.25, -0.2) is 13.4 Å². The Bertz CT molecular complexity index is 958. The van der Waals surface area contributed by atoms with Crippen molar-refractivity contribution in [2.24, 2.45) is 0 Å². The normalized spacial score (nSPS) is 17.2. The van der Waals surface area contributed by atoms with Gasteiger partial charge in [-0.2, -0.15) is 4.31 Å². The van der Waals surface area contributed by atoms with Crippen molar-refractivity contribution < 1.29 is 23.0 Å². The summed E-state index contributed by atoms with van der Waals surface area (Å²) in [4.78, 5) is 4.34. The highest BCUT2D eigenvalue weighted by Gasteiger charge is 2.35. The number of hydrogen-bond donors (Lipinski definition) is 2. The Morgan fingerprint density at radius 2 is 2.00 bits per heavy atom. The predicted molar refractivity (Wildman–Crippen MR) is 121 cm³/mol. The Labute approximate surface area is 190 Å². The second-order valence-corrected chi connectivity index (χ2v) is 8.79. The third kappa shape index (κ3) is 5.67. The third-order valence-electron chi connectivity index (χ3n) is 5.08. The highest BCUT2D eigenvalue weighted by molar-refractivity contribution is 7.89. The Kier molecular flexibility index (Phi) is 9.52. The zero-order valence-corrected chi connectivity index (χ0v) is 19.4. The maximum atomic E-state index is 13.7. The number of rotatable bonds is 9. The van der Waals surface area contributed by atoms with E-state index in [-0.39, 0.29) is 47.1 Å². The van der Waals surface area contributed by atoms with E-state index in [1.165, 1.54) is 22.6 Å². The monoisotopic (exact) mass is 471 g/mol. The lowest BCUT2D eigenvalue weighted by atomic mass is 10.1. The maximum Gasteiger partial charge on any atom is 0.244 e. The van der Waals surface area contributed by atoms with Gasteiger partial charge < -0.3 is 19.9 Å². The minimum atomic E-state index is -3.85. The Hall–Kier alpha value is -1.91. The van der Waals surface area contributed by atoms with Crippen molar-refractivity contribution in [2.45, 2.75) is 31.2 Å². The van der Waals surface area contributed by atoms with Gasteiger partial charge in [-0.1, -0.05) is 25.1 Å². The average molecular weight is 472 g/mol. The number of piperazine rings is 1. The number of ether oxygens (including phenoxy) is 2. The van der Waals surface area contributed by atoms with Gasteiger partial charge in [-0.3, -0.25) is 0 Å². The maximum absolute atomic E-state index is 13.7. The number of phenols is 1. The van der Waals surface area contributed by atoms with Gasteiger partial charge in [0.1, 0.15) is 12.4 Å². The second kappa shape index (κ2) is 11.6. The minimum Gasteiger partial charge on any atom is -0.507 e. The summed E-state index contributed by atoms with van der Waals surface area (Å²) in [6.07, 6.45) is 2.12. The lowest BCUT2D eigenvalue weighted by Crippen LogP contribution is -2.53. The molecule has 1 saturated heterocycles. The summed E-state index contributed by atoms with van der Waals surface area (Å²) in [5.41, 5.74) is 0.624. The number of nitrogens with one attached hydrogen (secondary N) is 1. The van der Waals surface area contributed by atoms with E-state index >= 15 is 0 Å². The fourth-order valence-corrected chi connectivity index (χ4v) is 5.45. The molecule has 2 aromatic rings. The van der Waals surface area contributed by atoms with Crippen molar-refractivity contribution in [3.05, 3.63) is 36.5 Å². The minimum absolute atomic E-state index is 0. The summed E-state index contributed by atoms with van der Waals surface area (Å²) < 4.78 is 40.0. The van der Waals surface area contributed by atoms with Gasteiger partial charge in [0.25, 0.3) is 0 Å². The molecule has 0 bridgehead atoms. The molecule has 31 heavy (non-hydrogen) atoms. The van der Waals surface area contributed by atoms with Gasteiger partial charge in [0.15, 0.2) is 0 Å². The first-order valence-electron chi connectivity index (χ1n) is 10.2. The Morgan fingerprint density at radius 3 is 2.71 bits per heavy atom. The van der Waals surface area contributed by atoms with Crippen LogP contribution in [0.3, 0.4) is 0 Å². The predicted octanol–water partition coefficient (Wildman–Crippen LogP) is 2.66. The first kappa shape index (κ1) is 25.4. The molecule has 0 amide bonds. The van der Waals surface area contributed by atoms with Crippen LogP contribution in [0.2, 0.25) is 0 Å². The van der Waals surface area contributed by atoms with Crippen LogP contribution >= 0.6 is 12.4 Å². The molecule has 1 unspecified atom stereocenters. The van der Waals surface area contributed by atoms with Gasteiger partial charge in [-0.15, -0.1) is 12.4 Å². The van der Waals surface area contributed by atoms with Gasteiger partial charge in [0.05, 0.1) is 17.1 Å². The molecular formula is C21H30ClN3O5S. The van der Waals surface area contributed by atoms with E-state index in [2.05, 4.69) is 10.3 Å². The van der Waals surface area contributed by atoms with Crippen molar-refractivity contribution in [2.75, 3.05) is 39.5 Å². The van der Waals surface area contributed by atoms with E-state index < -0.39 is 10.0 Å². The molecule has 172 valence electrons. The summed E-state index contributed by atoms with van der Waals surface area (Å²) in [6.45, 7) is 6.55. The number of sulfonamides is 1. The molecule has 1 aromatic heterocycles. The molecule has 2 N–H and O–H groups in total. The topological polar surface area (TPSA) is 101 Å². The van der Waals surface area contributed by atoms with Crippen LogP contribution in [0.25, 0.3) is 11.1 Å². The number of hydrogen-bond acceptors (Lipinski definition) is 7. The molecule has 2 heterocycles. The molecule has 1 fully saturated rings. The van der Waals surface area contributed by atoms with E-state index in [0.717, 1.165) is 0 Å². The van der Waals surface area contributed by atoms with Gasteiger partial charge in [0, 0.05) is 44.0 Å². The molecule has 1 aliphatic heterocycles. The van der Waals surface area contributed by atoms with E-state index in [4.69, 9.17) is 9.47 Å². The largest absolute Gasteiger partial charge is 0.507 e. The molecule has 1 aliphatic rings. The van der Waals surface area contributed by atoms with Crippen LogP contribution < -0.4 is 10.1 Å². The molecule has 1 atom stereocenters. The molecule has 8 nitrogen and oxygen atoms in total. The smallest absolute Gasteiger partial charge is 0.244 e. The summed E-state index contributed by atoms with van der Waals surface area (Å²) in [6, 6.07) is 7.93. The first-order chi connectivity index (χ1) is 14.5. The van der Waals surface area contributed by atoms with Crippen molar-refractivity contribution in [1.82, 2.24) is 14.6 Å². The van der Waals surface area contributed by atoms with Crippen LogP contribution in [0.5, 0.6) is 11.6 Å². The number of nitrogens with zero attached hydrogens (tertiary/aromatic N) is 2. The summed E-state index contributed by atoms with van der Waals surface area (Å²) >= 11 is 0. The van der Waals surface area contributed by atoms with Gasteiger partial charge >= 0.3 is 0 Å². The zero-order valence-electron chi connectivity index (χ0n) is 17.8. The van der Waals surface area contributed by atoms with Crippen molar-refractivity contribution in [3.8, 4) is 22.8 Å². The Balaban J connectivity index is 0.00000341. The second-order valence-electron chi connectivity index (χ2n) is 6.93. The van der Waals surface area contributed by atoms with Crippen molar-refractivity contribution >= 4 is 22.4 Å². The molecule has 0 aliphatic carbocycles. The highest BCUT2D eigenvalue weighted by Crippen LogP contribution is 2.40. The number of benzene rings is 1. The number of para-hydroxylation sites is 1. The highest BCUT2D eigenvalue weighted by atomic mass is 35.5. The van der Waals surface area contributed by atoms with Crippen LogP contribution in [0.4, 0.5) is 0 Å². The molecule has 10 heteroatoms. The van der Waals surface area contributed by atoms with Gasteiger partial charge in [-0.05, 0) is 25.5 Å². The number of halogens is 1. The Morgan fingerprint density at radius 1 is 1.23 bits per heavy atom.